The average molecular weight is 227 g/mol. The van der Waals surface area contributed by atoms with Crippen molar-refractivity contribution in [2.75, 3.05) is 0 Å². The van der Waals surface area contributed by atoms with Crippen molar-refractivity contribution in [2.24, 2.45) is 11.3 Å². The van der Waals surface area contributed by atoms with E-state index in [4.69, 9.17) is 5.11 Å². The van der Waals surface area contributed by atoms with Crippen LogP contribution in [-0.4, -0.2) is 22.5 Å². The van der Waals surface area contributed by atoms with Crippen molar-refractivity contribution in [3.8, 4) is 0 Å². The van der Waals surface area contributed by atoms with E-state index in [1.807, 2.05) is 6.92 Å². The van der Waals surface area contributed by atoms with Crippen molar-refractivity contribution in [1.82, 2.24) is 5.32 Å². The number of carbonyl (C=O) groups excluding carboxylic acids is 1. The third-order valence-corrected chi connectivity index (χ3v) is 3.26. The monoisotopic (exact) mass is 227 g/mol. The summed E-state index contributed by atoms with van der Waals surface area (Å²) in [5.74, 6) is -2.39. The first-order valence-corrected chi connectivity index (χ1v) is 5.70. The molecule has 0 aromatic carbocycles. The predicted molar refractivity (Wildman–Crippen MR) is 61.0 cm³/mol. The molecule has 0 heterocycles. The molecule has 1 amide bonds. The molecule has 1 unspecified atom stereocenters. The second kappa shape index (κ2) is 4.07. The molecule has 0 bridgehead atoms. The molecule has 0 aromatic heterocycles. The molecule has 92 valence electrons. The molecule has 0 aromatic rings. The van der Waals surface area contributed by atoms with E-state index in [0.29, 0.717) is 0 Å². The largest absolute Gasteiger partial charge is 0.481 e. The lowest BCUT2D eigenvalue weighted by Crippen LogP contribution is -2.55. The lowest BCUT2D eigenvalue weighted by atomic mass is 9.76. The lowest BCUT2D eigenvalue weighted by Gasteiger charge is -2.41. The molecule has 0 radical (unpaired) electrons. The Hall–Kier alpha value is -1.06. The minimum atomic E-state index is -1.05. The van der Waals surface area contributed by atoms with E-state index in [2.05, 4.69) is 5.32 Å². The molecule has 0 aliphatic heterocycles. The number of hydrogen-bond acceptors (Lipinski definition) is 2. The number of carbonyl (C=O) groups is 2. The van der Waals surface area contributed by atoms with Crippen LogP contribution in [-0.2, 0) is 9.59 Å². The topological polar surface area (TPSA) is 66.4 Å². The van der Waals surface area contributed by atoms with Gasteiger partial charge in [-0.15, -0.1) is 0 Å². The van der Waals surface area contributed by atoms with E-state index in [1.54, 1.807) is 20.8 Å². The number of nitrogens with one attached hydrogen (secondary N) is 1. The molecule has 1 aliphatic carbocycles. The number of amides is 1. The van der Waals surface area contributed by atoms with Gasteiger partial charge in [0.05, 0.1) is 0 Å². The van der Waals surface area contributed by atoms with Crippen LogP contribution in [0.25, 0.3) is 0 Å². The van der Waals surface area contributed by atoms with Crippen LogP contribution in [0.2, 0.25) is 0 Å². The van der Waals surface area contributed by atoms with E-state index in [-0.39, 0.29) is 11.4 Å². The van der Waals surface area contributed by atoms with Gasteiger partial charge in [-0.2, -0.15) is 0 Å². The maximum absolute atomic E-state index is 11.9. The molecular formula is C12H21NO3. The minimum Gasteiger partial charge on any atom is -0.481 e. The Labute approximate surface area is 96.4 Å². The van der Waals surface area contributed by atoms with Gasteiger partial charge in [-0.3, -0.25) is 9.59 Å². The van der Waals surface area contributed by atoms with Crippen LogP contribution in [0.5, 0.6) is 0 Å². The maximum atomic E-state index is 11.9. The van der Waals surface area contributed by atoms with Gasteiger partial charge in [0.1, 0.15) is 5.92 Å². The van der Waals surface area contributed by atoms with Crippen LogP contribution < -0.4 is 5.32 Å². The SMILES string of the molecule is CC1(NC(=O)C(C(=O)O)C(C)(C)C)CCC1. The highest BCUT2D eigenvalue weighted by Gasteiger charge is 2.42. The van der Waals surface area contributed by atoms with Crippen molar-refractivity contribution in [1.29, 1.82) is 0 Å². The smallest absolute Gasteiger partial charge is 0.316 e. The van der Waals surface area contributed by atoms with Gasteiger partial charge in [0.15, 0.2) is 0 Å². The summed E-state index contributed by atoms with van der Waals surface area (Å²) in [7, 11) is 0. The Morgan fingerprint density at radius 3 is 2.06 bits per heavy atom. The minimum absolute atomic E-state index is 0.184. The Morgan fingerprint density at radius 1 is 1.31 bits per heavy atom. The van der Waals surface area contributed by atoms with Crippen molar-refractivity contribution in [3.05, 3.63) is 0 Å². The molecule has 1 fully saturated rings. The molecule has 0 spiro atoms. The Kier molecular flexibility index (Phi) is 3.31. The summed E-state index contributed by atoms with van der Waals surface area (Å²) >= 11 is 0. The maximum Gasteiger partial charge on any atom is 0.316 e. The summed E-state index contributed by atoms with van der Waals surface area (Å²) in [6, 6.07) is 0. The molecule has 1 aliphatic rings. The number of rotatable bonds is 3. The number of aliphatic carboxylic acids is 1. The zero-order valence-corrected chi connectivity index (χ0v) is 10.5. The van der Waals surface area contributed by atoms with Crippen molar-refractivity contribution < 1.29 is 14.7 Å². The van der Waals surface area contributed by atoms with E-state index in [9.17, 15) is 9.59 Å². The van der Waals surface area contributed by atoms with Crippen LogP contribution in [0.4, 0.5) is 0 Å². The van der Waals surface area contributed by atoms with Crippen LogP contribution >= 0.6 is 0 Å². The van der Waals surface area contributed by atoms with Gasteiger partial charge in [-0.1, -0.05) is 20.8 Å². The van der Waals surface area contributed by atoms with Gasteiger partial charge >= 0.3 is 5.97 Å². The van der Waals surface area contributed by atoms with E-state index in [0.717, 1.165) is 19.3 Å². The molecule has 1 atom stereocenters. The van der Waals surface area contributed by atoms with Gasteiger partial charge in [-0.05, 0) is 31.6 Å². The fourth-order valence-corrected chi connectivity index (χ4v) is 2.08. The fraction of sp³-hybridized carbons (Fsp3) is 0.833. The summed E-state index contributed by atoms with van der Waals surface area (Å²) in [4.78, 5) is 23.1. The van der Waals surface area contributed by atoms with Crippen molar-refractivity contribution >= 4 is 11.9 Å². The molecule has 4 heteroatoms. The third kappa shape index (κ3) is 2.74. The normalized spacial score (nSPS) is 20.8. The second-order valence-corrected chi connectivity index (χ2v) is 6.04. The van der Waals surface area contributed by atoms with Gasteiger partial charge < -0.3 is 10.4 Å². The summed E-state index contributed by atoms with van der Waals surface area (Å²) in [5.41, 5.74) is -0.744. The van der Waals surface area contributed by atoms with E-state index >= 15 is 0 Å². The second-order valence-electron chi connectivity index (χ2n) is 6.04. The van der Waals surface area contributed by atoms with Gasteiger partial charge in [-0.25, -0.2) is 0 Å². The van der Waals surface area contributed by atoms with Crippen molar-refractivity contribution in [2.45, 2.75) is 52.5 Å². The molecule has 1 rings (SSSR count). The van der Waals surface area contributed by atoms with Gasteiger partial charge in [0.2, 0.25) is 5.91 Å². The first-order chi connectivity index (χ1) is 7.16. The number of carboxylic acid groups (broad SMARTS) is 1. The molecule has 1 saturated carbocycles. The number of hydrogen-bond donors (Lipinski definition) is 2. The first-order valence-electron chi connectivity index (χ1n) is 5.70. The molecule has 16 heavy (non-hydrogen) atoms. The summed E-state index contributed by atoms with van der Waals surface area (Å²) in [6.07, 6.45) is 2.98. The quantitative estimate of drug-likeness (QED) is 0.722. The highest BCUT2D eigenvalue weighted by molar-refractivity contribution is 5.98. The Bertz CT molecular complexity index is 300. The molecular weight excluding hydrogens is 206 g/mol. The standard InChI is InChI=1S/C12H21NO3/c1-11(2,3)8(10(15)16)9(14)13-12(4)6-5-7-12/h8H,5-7H2,1-4H3,(H,13,14)(H,15,16). The van der Waals surface area contributed by atoms with Crippen LogP contribution in [0, 0.1) is 11.3 Å². The highest BCUT2D eigenvalue weighted by Crippen LogP contribution is 2.33. The molecule has 0 saturated heterocycles. The summed E-state index contributed by atoms with van der Waals surface area (Å²) < 4.78 is 0. The summed E-state index contributed by atoms with van der Waals surface area (Å²) in [5, 5.41) is 12.0. The molecule has 2 N–H and O–H groups in total. The Balaban J connectivity index is 2.72. The van der Waals surface area contributed by atoms with Gasteiger partial charge in [0, 0.05) is 5.54 Å². The predicted octanol–water partition coefficient (Wildman–Crippen LogP) is 1.79. The third-order valence-electron chi connectivity index (χ3n) is 3.26. The van der Waals surface area contributed by atoms with Crippen LogP contribution in [0.1, 0.15) is 47.0 Å². The summed E-state index contributed by atoms with van der Waals surface area (Å²) in [6.45, 7) is 7.29. The zero-order valence-electron chi connectivity index (χ0n) is 10.5. The van der Waals surface area contributed by atoms with Crippen LogP contribution in [0.15, 0.2) is 0 Å². The van der Waals surface area contributed by atoms with Crippen LogP contribution in [0.3, 0.4) is 0 Å². The lowest BCUT2D eigenvalue weighted by molar-refractivity contribution is -0.152. The molecule has 4 nitrogen and oxygen atoms in total. The first kappa shape index (κ1) is 13.0. The average Bonchev–Trinajstić information content (AvgIpc) is 1.96. The van der Waals surface area contributed by atoms with E-state index in [1.165, 1.54) is 0 Å². The zero-order chi connectivity index (χ0) is 12.6. The number of carboxylic acids is 1. The van der Waals surface area contributed by atoms with Gasteiger partial charge in [0.25, 0.3) is 0 Å². The van der Waals surface area contributed by atoms with E-state index < -0.39 is 17.3 Å². The highest BCUT2D eigenvalue weighted by atomic mass is 16.4. The van der Waals surface area contributed by atoms with Crippen molar-refractivity contribution in [3.63, 3.8) is 0 Å². The fourth-order valence-electron chi connectivity index (χ4n) is 2.08. The Morgan fingerprint density at radius 2 is 1.81 bits per heavy atom.